The normalized spacial score (nSPS) is 10.5. The van der Waals surface area contributed by atoms with Gasteiger partial charge >= 0.3 is 12.6 Å². The molecule has 0 radical (unpaired) electrons. The Bertz CT molecular complexity index is 353. The molecule has 0 fully saturated rings. The van der Waals surface area contributed by atoms with Gasteiger partial charge in [0.1, 0.15) is 0 Å². The number of alkyl halides is 2. The number of esters is 1. The van der Waals surface area contributed by atoms with Crippen LogP contribution in [-0.2, 0) is 11.8 Å². The number of hydrogen-bond donors (Lipinski definition) is 0. The van der Waals surface area contributed by atoms with Gasteiger partial charge in [-0.25, -0.2) is 9.48 Å². The number of halogens is 2. The third-order valence-electron chi connectivity index (χ3n) is 1.44. The Morgan fingerprint density at radius 3 is 2.80 bits per heavy atom. The average Bonchev–Trinajstić information content (AvgIpc) is 2.48. The van der Waals surface area contributed by atoms with Crippen LogP contribution in [0.1, 0.15) is 17.4 Å². The van der Waals surface area contributed by atoms with Crippen LogP contribution in [0.2, 0.25) is 0 Å². The third kappa shape index (κ3) is 2.61. The van der Waals surface area contributed by atoms with E-state index in [0.29, 0.717) is 0 Å². The molecular formula is C7H9F2N3O3. The van der Waals surface area contributed by atoms with Crippen molar-refractivity contribution < 1.29 is 23.0 Å². The molecule has 0 aliphatic rings. The van der Waals surface area contributed by atoms with Crippen molar-refractivity contribution in [1.29, 1.82) is 0 Å². The van der Waals surface area contributed by atoms with E-state index in [1.165, 1.54) is 7.05 Å². The Morgan fingerprint density at radius 2 is 2.27 bits per heavy atom. The lowest BCUT2D eigenvalue weighted by atomic mass is 10.4. The minimum Gasteiger partial charge on any atom is -0.461 e. The smallest absolute Gasteiger partial charge is 0.388 e. The molecule has 0 atom stereocenters. The fourth-order valence-electron chi connectivity index (χ4n) is 0.893. The molecule has 1 aromatic heterocycles. The highest BCUT2D eigenvalue weighted by atomic mass is 19.3. The zero-order valence-corrected chi connectivity index (χ0v) is 8.11. The number of hydrogen-bond acceptors (Lipinski definition) is 5. The van der Waals surface area contributed by atoms with Crippen LogP contribution in [0, 0.1) is 0 Å². The summed E-state index contributed by atoms with van der Waals surface area (Å²) in [5.74, 6) is -1.26. The molecule has 0 aromatic carbocycles. The summed E-state index contributed by atoms with van der Waals surface area (Å²) in [6, 6.07) is 0. The summed E-state index contributed by atoms with van der Waals surface area (Å²) in [6.07, 6.45) is 0. The number of aryl methyl sites for hydroxylation is 1. The molecule has 0 unspecified atom stereocenters. The van der Waals surface area contributed by atoms with Crippen LogP contribution in [0.5, 0.6) is 5.88 Å². The minimum atomic E-state index is -3.05. The highest BCUT2D eigenvalue weighted by Gasteiger charge is 2.23. The second-order valence-corrected chi connectivity index (χ2v) is 2.47. The van der Waals surface area contributed by atoms with Crippen LogP contribution in [0.25, 0.3) is 0 Å². The van der Waals surface area contributed by atoms with E-state index in [9.17, 15) is 13.6 Å². The predicted octanol–water partition coefficient (Wildman–Crippen LogP) is 0.593. The van der Waals surface area contributed by atoms with Crippen molar-refractivity contribution in [3.63, 3.8) is 0 Å². The molecule has 6 nitrogen and oxygen atoms in total. The van der Waals surface area contributed by atoms with Crippen LogP contribution in [0.3, 0.4) is 0 Å². The lowest BCUT2D eigenvalue weighted by Crippen LogP contribution is -2.12. The van der Waals surface area contributed by atoms with Crippen molar-refractivity contribution in [2.75, 3.05) is 6.61 Å². The van der Waals surface area contributed by atoms with Gasteiger partial charge in [0, 0.05) is 7.05 Å². The molecule has 1 heterocycles. The topological polar surface area (TPSA) is 66.2 Å². The van der Waals surface area contributed by atoms with Crippen molar-refractivity contribution in [3.05, 3.63) is 5.69 Å². The number of aromatic nitrogens is 3. The van der Waals surface area contributed by atoms with Crippen LogP contribution >= 0.6 is 0 Å². The van der Waals surface area contributed by atoms with E-state index in [0.717, 1.165) is 4.68 Å². The van der Waals surface area contributed by atoms with Gasteiger partial charge in [0.05, 0.1) is 6.61 Å². The summed E-state index contributed by atoms with van der Waals surface area (Å²) in [6.45, 7) is -1.35. The first-order chi connectivity index (χ1) is 7.06. The fraction of sp³-hybridized carbons (Fsp3) is 0.571. The monoisotopic (exact) mass is 221 g/mol. The third-order valence-corrected chi connectivity index (χ3v) is 1.44. The van der Waals surface area contributed by atoms with Crippen molar-refractivity contribution >= 4 is 5.97 Å². The summed E-state index contributed by atoms with van der Waals surface area (Å²) in [7, 11) is 1.33. The van der Waals surface area contributed by atoms with Crippen LogP contribution in [0.15, 0.2) is 0 Å². The standard InChI is InChI=1S/C7H9F2N3O3/c1-3-14-6(13)4-5(15-7(8)9)12(2)11-10-4/h7H,3H2,1-2H3. The molecule has 1 aromatic rings. The average molecular weight is 221 g/mol. The molecule has 0 aliphatic heterocycles. The Labute approximate surface area is 83.8 Å². The van der Waals surface area contributed by atoms with E-state index in [-0.39, 0.29) is 12.3 Å². The summed E-state index contributed by atoms with van der Waals surface area (Å²) in [5, 5.41) is 6.75. The lowest BCUT2D eigenvalue weighted by Gasteiger charge is -2.04. The van der Waals surface area contributed by atoms with Crippen molar-refractivity contribution in [3.8, 4) is 5.88 Å². The van der Waals surface area contributed by atoms with Gasteiger partial charge in [-0.05, 0) is 6.92 Å². The maximum atomic E-state index is 12.0. The highest BCUT2D eigenvalue weighted by Crippen LogP contribution is 2.17. The summed E-state index contributed by atoms with van der Waals surface area (Å²) in [4.78, 5) is 11.2. The second kappa shape index (κ2) is 4.67. The maximum absolute atomic E-state index is 12.0. The van der Waals surface area contributed by atoms with Crippen LogP contribution in [0.4, 0.5) is 8.78 Å². The highest BCUT2D eigenvalue weighted by molar-refractivity contribution is 5.89. The van der Waals surface area contributed by atoms with E-state index in [2.05, 4.69) is 19.8 Å². The SMILES string of the molecule is CCOC(=O)c1nnn(C)c1OC(F)F. The van der Waals surface area contributed by atoms with E-state index in [1.54, 1.807) is 6.92 Å². The summed E-state index contributed by atoms with van der Waals surface area (Å²) >= 11 is 0. The molecule has 84 valence electrons. The first-order valence-corrected chi connectivity index (χ1v) is 4.07. The molecule has 8 heteroatoms. The lowest BCUT2D eigenvalue weighted by molar-refractivity contribution is -0.0559. The summed E-state index contributed by atoms with van der Waals surface area (Å²) in [5.41, 5.74) is -0.361. The van der Waals surface area contributed by atoms with Crippen molar-refractivity contribution in [2.45, 2.75) is 13.5 Å². The molecular weight excluding hydrogens is 212 g/mol. The van der Waals surface area contributed by atoms with Gasteiger partial charge in [-0.2, -0.15) is 8.78 Å². The Balaban J connectivity index is 2.92. The van der Waals surface area contributed by atoms with E-state index in [1.807, 2.05) is 0 Å². The molecule has 0 spiro atoms. The van der Waals surface area contributed by atoms with Crippen LogP contribution < -0.4 is 4.74 Å². The number of rotatable bonds is 4. The zero-order valence-electron chi connectivity index (χ0n) is 8.11. The van der Waals surface area contributed by atoms with Gasteiger partial charge in [-0.15, -0.1) is 5.10 Å². The first kappa shape index (κ1) is 11.3. The zero-order chi connectivity index (χ0) is 11.4. The molecule has 0 amide bonds. The molecule has 0 saturated carbocycles. The van der Waals surface area contributed by atoms with Gasteiger partial charge in [-0.1, -0.05) is 5.21 Å². The molecule has 0 aliphatic carbocycles. The quantitative estimate of drug-likeness (QED) is 0.696. The van der Waals surface area contributed by atoms with Gasteiger partial charge in [0.25, 0.3) is 5.88 Å². The molecule has 0 bridgehead atoms. The maximum Gasteiger partial charge on any atom is 0.388 e. The minimum absolute atomic E-state index is 0.115. The molecule has 15 heavy (non-hydrogen) atoms. The number of ether oxygens (including phenoxy) is 2. The van der Waals surface area contributed by atoms with Crippen molar-refractivity contribution in [2.24, 2.45) is 7.05 Å². The van der Waals surface area contributed by atoms with Crippen LogP contribution in [-0.4, -0.2) is 34.2 Å². The molecule has 0 N–H and O–H groups in total. The van der Waals surface area contributed by atoms with E-state index < -0.39 is 18.5 Å². The van der Waals surface area contributed by atoms with Gasteiger partial charge in [-0.3, -0.25) is 0 Å². The Morgan fingerprint density at radius 1 is 1.60 bits per heavy atom. The largest absolute Gasteiger partial charge is 0.461 e. The molecule has 0 saturated heterocycles. The number of carbonyl (C=O) groups is 1. The summed E-state index contributed by atoms with van der Waals surface area (Å²) < 4.78 is 33.5. The number of nitrogens with zero attached hydrogens (tertiary/aromatic N) is 3. The van der Waals surface area contributed by atoms with E-state index in [4.69, 9.17) is 0 Å². The van der Waals surface area contributed by atoms with Gasteiger partial charge in [0.2, 0.25) is 5.69 Å². The fourth-order valence-corrected chi connectivity index (χ4v) is 0.893. The Kier molecular flexibility index (Phi) is 3.53. The molecule has 1 rings (SSSR count). The van der Waals surface area contributed by atoms with Gasteiger partial charge in [0.15, 0.2) is 0 Å². The predicted molar refractivity (Wildman–Crippen MR) is 43.6 cm³/mol. The van der Waals surface area contributed by atoms with Crippen molar-refractivity contribution in [1.82, 2.24) is 15.0 Å². The number of carbonyl (C=O) groups excluding carboxylic acids is 1. The Hall–Kier alpha value is -1.73. The second-order valence-electron chi connectivity index (χ2n) is 2.47. The van der Waals surface area contributed by atoms with E-state index >= 15 is 0 Å². The first-order valence-electron chi connectivity index (χ1n) is 4.07. The van der Waals surface area contributed by atoms with Gasteiger partial charge < -0.3 is 9.47 Å².